The van der Waals surface area contributed by atoms with Gasteiger partial charge in [-0.3, -0.25) is 0 Å². The Kier molecular flexibility index (Phi) is 4.46. The molecule has 0 fully saturated rings. The van der Waals surface area contributed by atoms with Gasteiger partial charge in [0, 0.05) is 16.6 Å². The highest BCUT2D eigenvalue weighted by Crippen LogP contribution is 2.33. The van der Waals surface area contributed by atoms with E-state index in [0.29, 0.717) is 10.0 Å². The summed E-state index contributed by atoms with van der Waals surface area (Å²) in [7, 11) is 1.88. The maximum atomic E-state index is 13.0. The number of benzene rings is 2. The highest BCUT2D eigenvalue weighted by molar-refractivity contribution is 6.34. The summed E-state index contributed by atoms with van der Waals surface area (Å²) in [4.78, 5) is 0. The third-order valence-corrected chi connectivity index (χ3v) is 3.78. The normalized spacial score (nSPS) is 12.5. The summed E-state index contributed by atoms with van der Waals surface area (Å²) in [5, 5.41) is 4.19. The van der Waals surface area contributed by atoms with Crippen molar-refractivity contribution in [3.8, 4) is 11.1 Å². The van der Waals surface area contributed by atoms with Crippen LogP contribution in [0, 0.1) is 5.82 Å². The highest BCUT2D eigenvalue weighted by atomic mass is 35.5. The van der Waals surface area contributed by atoms with Gasteiger partial charge in [0.25, 0.3) is 0 Å². The molecule has 1 atom stereocenters. The number of rotatable bonds is 3. The third kappa shape index (κ3) is 3.08. The molecule has 0 heterocycles. The van der Waals surface area contributed by atoms with Gasteiger partial charge in [-0.15, -0.1) is 0 Å². The van der Waals surface area contributed by atoms with Crippen LogP contribution in [0.25, 0.3) is 11.1 Å². The summed E-state index contributed by atoms with van der Waals surface area (Å²) in [5.74, 6) is -0.347. The van der Waals surface area contributed by atoms with E-state index in [1.165, 1.54) is 12.1 Å². The molecule has 1 N–H and O–H groups in total. The second-order valence-corrected chi connectivity index (χ2v) is 5.19. The summed E-state index contributed by atoms with van der Waals surface area (Å²) in [6.45, 7) is 2.03. The van der Waals surface area contributed by atoms with Gasteiger partial charge in [-0.2, -0.15) is 0 Å². The zero-order chi connectivity index (χ0) is 14.0. The number of nitrogens with one attached hydrogen (secondary N) is 1. The van der Waals surface area contributed by atoms with E-state index in [2.05, 4.69) is 5.32 Å². The van der Waals surface area contributed by atoms with Crippen LogP contribution in [0.2, 0.25) is 10.0 Å². The van der Waals surface area contributed by atoms with Crippen molar-refractivity contribution in [3.05, 3.63) is 57.8 Å². The van der Waals surface area contributed by atoms with Crippen LogP contribution in [-0.2, 0) is 0 Å². The Morgan fingerprint density at radius 1 is 1.05 bits per heavy atom. The van der Waals surface area contributed by atoms with Crippen molar-refractivity contribution in [1.29, 1.82) is 0 Å². The van der Waals surface area contributed by atoms with E-state index in [4.69, 9.17) is 23.2 Å². The zero-order valence-electron chi connectivity index (χ0n) is 10.7. The molecule has 0 radical (unpaired) electrons. The largest absolute Gasteiger partial charge is 0.313 e. The molecule has 1 nitrogen and oxygen atoms in total. The van der Waals surface area contributed by atoms with E-state index in [1.54, 1.807) is 6.07 Å². The molecule has 19 heavy (non-hydrogen) atoms. The molecule has 0 aliphatic rings. The summed E-state index contributed by atoms with van der Waals surface area (Å²) < 4.78 is 13.0. The first kappa shape index (κ1) is 14.3. The lowest BCUT2D eigenvalue weighted by molar-refractivity contribution is 0.628. The maximum absolute atomic E-state index is 13.0. The van der Waals surface area contributed by atoms with E-state index in [1.807, 2.05) is 32.2 Å². The first-order valence-corrected chi connectivity index (χ1v) is 6.70. The molecule has 0 spiro atoms. The zero-order valence-corrected chi connectivity index (χ0v) is 12.2. The van der Waals surface area contributed by atoms with Crippen molar-refractivity contribution in [3.63, 3.8) is 0 Å². The lowest BCUT2D eigenvalue weighted by atomic mass is 10.0. The van der Waals surface area contributed by atoms with Crippen LogP contribution < -0.4 is 5.32 Å². The molecule has 0 aliphatic carbocycles. The van der Waals surface area contributed by atoms with Crippen molar-refractivity contribution < 1.29 is 4.39 Å². The second-order valence-electron chi connectivity index (χ2n) is 4.37. The predicted octanol–water partition coefficient (Wildman–Crippen LogP) is 5.08. The monoisotopic (exact) mass is 297 g/mol. The molecule has 0 aromatic heterocycles. The van der Waals surface area contributed by atoms with Crippen molar-refractivity contribution in [1.82, 2.24) is 5.32 Å². The first-order chi connectivity index (χ1) is 9.02. The quantitative estimate of drug-likeness (QED) is 0.833. The van der Waals surface area contributed by atoms with Gasteiger partial charge in [-0.1, -0.05) is 35.3 Å². The van der Waals surface area contributed by atoms with Crippen LogP contribution in [0.4, 0.5) is 4.39 Å². The Bertz CT molecular complexity index is 599. The van der Waals surface area contributed by atoms with Crippen molar-refractivity contribution in [2.24, 2.45) is 0 Å². The van der Waals surface area contributed by atoms with Crippen LogP contribution in [0.1, 0.15) is 18.5 Å². The van der Waals surface area contributed by atoms with Gasteiger partial charge < -0.3 is 5.32 Å². The first-order valence-electron chi connectivity index (χ1n) is 5.95. The van der Waals surface area contributed by atoms with Crippen molar-refractivity contribution in [2.75, 3.05) is 7.05 Å². The fourth-order valence-corrected chi connectivity index (χ4v) is 2.55. The topological polar surface area (TPSA) is 12.0 Å². The lowest BCUT2D eigenvalue weighted by Crippen LogP contribution is -2.12. The van der Waals surface area contributed by atoms with Crippen molar-refractivity contribution >= 4 is 23.2 Å². The highest BCUT2D eigenvalue weighted by Gasteiger charge is 2.10. The molecule has 0 amide bonds. The minimum absolute atomic E-state index is 0.172. The Morgan fingerprint density at radius 2 is 1.79 bits per heavy atom. The van der Waals surface area contributed by atoms with Crippen LogP contribution in [0.15, 0.2) is 36.4 Å². The summed E-state index contributed by atoms with van der Waals surface area (Å²) in [5.41, 5.74) is 2.67. The Balaban J connectivity index is 2.44. The molecule has 100 valence electrons. The van der Waals surface area contributed by atoms with Gasteiger partial charge >= 0.3 is 0 Å². The molecule has 2 aromatic rings. The molecule has 4 heteroatoms. The van der Waals surface area contributed by atoms with E-state index in [0.717, 1.165) is 16.7 Å². The van der Waals surface area contributed by atoms with Crippen LogP contribution in [0.5, 0.6) is 0 Å². The van der Waals surface area contributed by atoms with Gasteiger partial charge in [0.1, 0.15) is 5.82 Å². The third-order valence-electron chi connectivity index (χ3n) is 3.14. The average molecular weight is 298 g/mol. The fraction of sp³-hybridized carbons (Fsp3) is 0.200. The predicted molar refractivity (Wildman–Crippen MR) is 79.3 cm³/mol. The van der Waals surface area contributed by atoms with Crippen LogP contribution >= 0.6 is 23.2 Å². The Morgan fingerprint density at radius 3 is 2.37 bits per heavy atom. The molecule has 2 aromatic carbocycles. The molecular weight excluding hydrogens is 284 g/mol. The number of halogens is 3. The molecule has 0 saturated carbocycles. The smallest absolute Gasteiger partial charge is 0.124 e. The molecular formula is C15H14Cl2FN. The van der Waals surface area contributed by atoms with Gasteiger partial charge in [0.05, 0.1) is 5.02 Å². The molecule has 0 saturated heterocycles. The maximum Gasteiger partial charge on any atom is 0.124 e. The Hall–Kier alpha value is -1.09. The summed E-state index contributed by atoms with van der Waals surface area (Å²) >= 11 is 12.3. The van der Waals surface area contributed by atoms with E-state index >= 15 is 0 Å². The summed E-state index contributed by atoms with van der Waals surface area (Å²) in [6, 6.07) is 10.3. The summed E-state index contributed by atoms with van der Waals surface area (Å²) in [6.07, 6.45) is 0. The molecule has 1 unspecified atom stereocenters. The lowest BCUT2D eigenvalue weighted by Gasteiger charge is -2.14. The van der Waals surface area contributed by atoms with Gasteiger partial charge in [0.2, 0.25) is 0 Å². The van der Waals surface area contributed by atoms with Gasteiger partial charge in [-0.25, -0.2) is 4.39 Å². The van der Waals surface area contributed by atoms with Crippen LogP contribution in [0.3, 0.4) is 0 Å². The number of hydrogen-bond acceptors (Lipinski definition) is 1. The molecule has 0 aliphatic heterocycles. The molecule has 2 rings (SSSR count). The fourth-order valence-electron chi connectivity index (χ4n) is 1.92. The standard InChI is InChI=1S/C15H14Cl2FN/c1-9(19-2)12-5-3-10(7-14(12)16)13-6-4-11(18)8-15(13)17/h3-9,19H,1-2H3. The van der Waals surface area contributed by atoms with Crippen molar-refractivity contribution in [2.45, 2.75) is 13.0 Å². The number of hydrogen-bond donors (Lipinski definition) is 1. The molecule has 0 bridgehead atoms. The van der Waals surface area contributed by atoms with E-state index in [9.17, 15) is 4.39 Å². The SMILES string of the molecule is CNC(C)c1ccc(-c2ccc(F)cc2Cl)cc1Cl. The minimum Gasteiger partial charge on any atom is -0.313 e. The second kappa shape index (κ2) is 5.91. The average Bonchev–Trinajstić information content (AvgIpc) is 2.37. The van der Waals surface area contributed by atoms with E-state index in [-0.39, 0.29) is 11.9 Å². The van der Waals surface area contributed by atoms with E-state index < -0.39 is 0 Å². The Labute approximate surface area is 122 Å². The van der Waals surface area contributed by atoms with Gasteiger partial charge in [-0.05, 0) is 49.4 Å². The van der Waals surface area contributed by atoms with Crippen LogP contribution in [-0.4, -0.2) is 7.05 Å². The van der Waals surface area contributed by atoms with Gasteiger partial charge in [0.15, 0.2) is 0 Å². The minimum atomic E-state index is -0.347.